The molecule has 0 spiro atoms. The van der Waals surface area contributed by atoms with Crippen LogP contribution in [-0.4, -0.2) is 29.5 Å². The highest BCUT2D eigenvalue weighted by atomic mass is 19.4. The van der Waals surface area contributed by atoms with Crippen LogP contribution in [0.4, 0.5) is 58.4 Å². The summed E-state index contributed by atoms with van der Waals surface area (Å²) >= 11 is 0. The Morgan fingerprint density at radius 2 is 1.23 bits per heavy atom. The molecule has 43 heavy (non-hydrogen) atoms. The molecule has 0 radical (unpaired) electrons. The van der Waals surface area contributed by atoms with Crippen LogP contribution >= 0.6 is 0 Å². The zero-order valence-corrected chi connectivity index (χ0v) is 21.7. The van der Waals surface area contributed by atoms with E-state index in [0.29, 0.717) is 47.8 Å². The minimum atomic E-state index is -4.70. The van der Waals surface area contributed by atoms with Crippen LogP contribution in [0.5, 0.6) is 5.75 Å². The predicted molar refractivity (Wildman–Crippen MR) is 144 cm³/mol. The van der Waals surface area contributed by atoms with Crippen molar-refractivity contribution in [2.45, 2.75) is 12.4 Å². The van der Waals surface area contributed by atoms with E-state index >= 15 is 0 Å². The summed E-state index contributed by atoms with van der Waals surface area (Å²) in [5.74, 6) is -1.72. The van der Waals surface area contributed by atoms with E-state index in [1.807, 2.05) is 0 Å². The number of rotatable bonds is 9. The van der Waals surface area contributed by atoms with Crippen LogP contribution in [0.15, 0.2) is 76.9 Å². The van der Waals surface area contributed by atoms with Gasteiger partial charge in [0.1, 0.15) is 23.2 Å². The van der Waals surface area contributed by atoms with Crippen molar-refractivity contribution in [3.8, 4) is 5.75 Å². The van der Waals surface area contributed by atoms with Crippen molar-refractivity contribution < 1.29 is 39.9 Å². The van der Waals surface area contributed by atoms with E-state index in [4.69, 9.17) is 4.74 Å². The Morgan fingerprint density at radius 1 is 0.698 bits per heavy atom. The van der Waals surface area contributed by atoms with Gasteiger partial charge in [-0.3, -0.25) is 5.43 Å². The molecule has 0 aliphatic heterocycles. The first-order valence-corrected chi connectivity index (χ1v) is 11.9. The highest BCUT2D eigenvalue weighted by molar-refractivity contribution is 5.81. The monoisotopic (exact) mass is 609 g/mol. The van der Waals surface area contributed by atoms with Gasteiger partial charge in [-0.15, -0.1) is 0 Å². The molecule has 3 N–H and O–H groups in total. The highest BCUT2D eigenvalue weighted by Gasteiger charge is 2.31. The van der Waals surface area contributed by atoms with Crippen LogP contribution in [0, 0.1) is 11.6 Å². The number of hydrogen-bond acceptors (Lipinski definition) is 8. The second-order valence-electron chi connectivity index (χ2n) is 8.50. The van der Waals surface area contributed by atoms with Gasteiger partial charge in [0.2, 0.25) is 5.95 Å². The topological polar surface area (TPSA) is 95.8 Å². The second kappa shape index (κ2) is 12.7. The van der Waals surface area contributed by atoms with Gasteiger partial charge in [-0.2, -0.15) is 46.5 Å². The summed E-state index contributed by atoms with van der Waals surface area (Å²) in [5, 5.41) is 10.4. The first-order valence-electron chi connectivity index (χ1n) is 11.9. The van der Waals surface area contributed by atoms with Crippen LogP contribution in [0.2, 0.25) is 0 Å². The summed E-state index contributed by atoms with van der Waals surface area (Å²) in [7, 11) is 1.43. The van der Waals surface area contributed by atoms with Gasteiger partial charge in [-0.1, -0.05) is 12.1 Å². The molecule has 0 atom stereocenters. The molecule has 0 aliphatic rings. The summed E-state index contributed by atoms with van der Waals surface area (Å²) in [6.07, 6.45) is -7.81. The Labute approximate surface area is 238 Å². The molecule has 1 aromatic heterocycles. The molecule has 3 aromatic carbocycles. The number of benzene rings is 3. The number of nitrogens with one attached hydrogen (secondary N) is 3. The Bertz CT molecular complexity index is 1560. The van der Waals surface area contributed by atoms with Crippen LogP contribution in [0.3, 0.4) is 0 Å². The van der Waals surface area contributed by atoms with Crippen molar-refractivity contribution in [2.75, 3.05) is 23.3 Å². The molecule has 0 unspecified atom stereocenters. The minimum absolute atomic E-state index is 0.0704. The molecule has 8 nitrogen and oxygen atoms in total. The lowest BCUT2D eigenvalue weighted by molar-refractivity contribution is -0.138. The van der Waals surface area contributed by atoms with Gasteiger partial charge in [0.05, 0.1) is 36.4 Å². The number of ether oxygens (including phenoxy) is 1. The Kier molecular flexibility index (Phi) is 9.06. The van der Waals surface area contributed by atoms with E-state index < -0.39 is 46.2 Å². The molecule has 224 valence electrons. The summed E-state index contributed by atoms with van der Waals surface area (Å²) < 4.78 is 111. The number of hydrogen-bond donors (Lipinski definition) is 3. The standard InChI is InChI=1S/C27H19F8N7O/c1-43-22-5-3-2-4-21(22)38-23-12-24(41-36-13-15-10-17(26(30,31)32)6-8-19(15)28)40-25(39-23)42-37-14-16-11-18(27(33,34)35)7-9-20(16)29/h2-14H,1H3,(H3,38,39,40,41,42). The summed E-state index contributed by atoms with van der Waals surface area (Å²) in [5.41, 5.74) is 2.16. The molecule has 0 saturated carbocycles. The lowest BCUT2D eigenvalue weighted by Crippen LogP contribution is -2.07. The van der Waals surface area contributed by atoms with Crippen LogP contribution < -0.4 is 20.9 Å². The van der Waals surface area contributed by atoms with E-state index in [1.165, 1.54) is 13.2 Å². The number of methoxy groups -OCH3 is 1. The molecular weight excluding hydrogens is 590 g/mol. The van der Waals surface area contributed by atoms with Gasteiger partial charge in [0.15, 0.2) is 5.82 Å². The molecule has 1 heterocycles. The van der Waals surface area contributed by atoms with E-state index in [9.17, 15) is 35.1 Å². The number of para-hydroxylation sites is 2. The van der Waals surface area contributed by atoms with Gasteiger partial charge in [0, 0.05) is 17.2 Å². The zero-order chi connectivity index (χ0) is 31.2. The van der Waals surface area contributed by atoms with Crippen molar-refractivity contribution in [3.05, 3.63) is 101 Å². The number of hydrazone groups is 2. The molecule has 0 bridgehead atoms. The third-order valence-corrected chi connectivity index (χ3v) is 5.49. The van der Waals surface area contributed by atoms with Gasteiger partial charge < -0.3 is 10.1 Å². The maximum absolute atomic E-state index is 14.1. The lowest BCUT2D eigenvalue weighted by atomic mass is 10.1. The third-order valence-electron chi connectivity index (χ3n) is 5.49. The van der Waals surface area contributed by atoms with Crippen LogP contribution in [-0.2, 0) is 12.4 Å². The predicted octanol–water partition coefficient (Wildman–Crippen LogP) is 7.44. The minimum Gasteiger partial charge on any atom is -0.495 e. The fraction of sp³-hybridized carbons (Fsp3) is 0.111. The van der Waals surface area contributed by atoms with Crippen molar-refractivity contribution in [1.29, 1.82) is 0 Å². The number of aromatic nitrogens is 2. The molecule has 4 rings (SSSR count). The third kappa shape index (κ3) is 8.15. The molecule has 0 saturated heterocycles. The number of anilines is 4. The maximum atomic E-state index is 14.1. The van der Waals surface area contributed by atoms with Crippen molar-refractivity contribution in [3.63, 3.8) is 0 Å². The summed E-state index contributed by atoms with van der Waals surface area (Å²) in [4.78, 5) is 8.24. The molecule has 0 amide bonds. The average Bonchev–Trinajstić information content (AvgIpc) is 2.94. The van der Waals surface area contributed by atoms with Crippen LogP contribution in [0.25, 0.3) is 0 Å². The van der Waals surface area contributed by atoms with E-state index in [2.05, 4.69) is 36.3 Å². The molecule has 0 fully saturated rings. The Balaban J connectivity index is 1.62. The molecule has 16 heteroatoms. The first-order chi connectivity index (χ1) is 20.3. The van der Waals surface area contributed by atoms with E-state index in [-0.39, 0.29) is 17.6 Å². The normalized spacial score (nSPS) is 12.1. The van der Waals surface area contributed by atoms with E-state index in [1.54, 1.807) is 24.3 Å². The quantitative estimate of drug-likeness (QED) is 0.104. The van der Waals surface area contributed by atoms with Gasteiger partial charge in [-0.25, -0.2) is 14.2 Å². The van der Waals surface area contributed by atoms with Crippen molar-refractivity contribution in [1.82, 2.24) is 9.97 Å². The number of halogens is 8. The van der Waals surface area contributed by atoms with Gasteiger partial charge >= 0.3 is 12.4 Å². The fourth-order valence-corrected chi connectivity index (χ4v) is 3.47. The lowest BCUT2D eigenvalue weighted by Gasteiger charge is -2.12. The van der Waals surface area contributed by atoms with Gasteiger partial charge in [-0.05, 0) is 48.5 Å². The molecule has 4 aromatic rings. The smallest absolute Gasteiger partial charge is 0.416 e. The van der Waals surface area contributed by atoms with Crippen LogP contribution in [0.1, 0.15) is 22.3 Å². The Morgan fingerprint density at radius 3 is 1.79 bits per heavy atom. The zero-order valence-electron chi connectivity index (χ0n) is 21.7. The van der Waals surface area contributed by atoms with Crippen molar-refractivity contribution >= 4 is 35.7 Å². The second-order valence-corrected chi connectivity index (χ2v) is 8.50. The average molecular weight is 609 g/mol. The van der Waals surface area contributed by atoms with Crippen molar-refractivity contribution in [2.24, 2.45) is 10.2 Å². The summed E-state index contributed by atoms with van der Waals surface area (Å²) in [6, 6.07) is 11.7. The Hall–Kier alpha value is -5.28. The van der Waals surface area contributed by atoms with Gasteiger partial charge in [0.25, 0.3) is 0 Å². The maximum Gasteiger partial charge on any atom is 0.416 e. The molecular formula is C27H19F8N7O. The number of nitrogens with zero attached hydrogens (tertiary/aromatic N) is 4. The largest absolute Gasteiger partial charge is 0.495 e. The highest BCUT2D eigenvalue weighted by Crippen LogP contribution is 2.31. The fourth-order valence-electron chi connectivity index (χ4n) is 3.47. The summed E-state index contributed by atoms with van der Waals surface area (Å²) in [6.45, 7) is 0. The number of alkyl halides is 6. The molecule has 0 aliphatic carbocycles. The first kappa shape index (κ1) is 30.7. The SMILES string of the molecule is COc1ccccc1Nc1cc(NN=Cc2cc(C(F)(F)F)ccc2F)nc(NN=Cc2cc(C(F)(F)F)ccc2F)n1. The van der Waals surface area contributed by atoms with E-state index in [0.717, 1.165) is 12.4 Å².